The predicted octanol–water partition coefficient (Wildman–Crippen LogP) is -0.575. The summed E-state index contributed by atoms with van der Waals surface area (Å²) in [5, 5.41) is 8.54. The fourth-order valence-corrected chi connectivity index (χ4v) is 0.908. The van der Waals surface area contributed by atoms with E-state index in [4.69, 9.17) is 10.8 Å². The van der Waals surface area contributed by atoms with Crippen LogP contribution < -0.4 is 5.73 Å². The molecule has 0 bridgehead atoms. The standard InChI is InChI=1S/C6H13N2O3P/c1-3(7)5(9)8(12)4(2)6(10)11/h3-4H,7,12H2,1-2H3,(H,10,11). The minimum atomic E-state index is -1.06. The quantitative estimate of drug-likeness (QED) is 0.586. The highest BCUT2D eigenvalue weighted by molar-refractivity contribution is 7.14. The van der Waals surface area contributed by atoms with Crippen molar-refractivity contribution in [1.82, 2.24) is 4.67 Å². The lowest BCUT2D eigenvalue weighted by Crippen LogP contribution is -2.43. The van der Waals surface area contributed by atoms with Crippen molar-refractivity contribution in [2.45, 2.75) is 25.9 Å². The molecule has 3 N–H and O–H groups in total. The molecule has 0 aliphatic carbocycles. The molecule has 0 aliphatic heterocycles. The molecule has 70 valence electrons. The number of carboxylic acid groups (broad SMARTS) is 1. The maximum atomic E-state index is 11.1. The van der Waals surface area contributed by atoms with Crippen molar-refractivity contribution in [3.63, 3.8) is 0 Å². The van der Waals surface area contributed by atoms with Crippen LogP contribution in [0.3, 0.4) is 0 Å². The Balaban J connectivity index is 4.29. The van der Waals surface area contributed by atoms with E-state index in [1.165, 1.54) is 13.8 Å². The molecule has 1 amide bonds. The molecular formula is C6H13N2O3P. The average Bonchev–Trinajstić information content (AvgIpc) is 2.00. The van der Waals surface area contributed by atoms with Gasteiger partial charge in [-0.1, -0.05) is 0 Å². The number of carbonyl (C=O) groups is 2. The van der Waals surface area contributed by atoms with E-state index in [2.05, 4.69) is 0 Å². The van der Waals surface area contributed by atoms with Gasteiger partial charge in [0.15, 0.2) is 0 Å². The van der Waals surface area contributed by atoms with Gasteiger partial charge in [0.1, 0.15) is 6.04 Å². The topological polar surface area (TPSA) is 83.6 Å². The first-order chi connectivity index (χ1) is 5.37. The second-order valence-corrected chi connectivity index (χ2v) is 3.10. The van der Waals surface area contributed by atoms with Gasteiger partial charge in [0, 0.05) is 0 Å². The first-order valence-electron chi connectivity index (χ1n) is 3.44. The van der Waals surface area contributed by atoms with Gasteiger partial charge < -0.3 is 15.5 Å². The van der Waals surface area contributed by atoms with Gasteiger partial charge in [0.05, 0.1) is 6.04 Å². The lowest BCUT2D eigenvalue weighted by Gasteiger charge is -2.22. The summed E-state index contributed by atoms with van der Waals surface area (Å²) in [6.07, 6.45) is 0. The molecule has 0 aromatic carbocycles. The van der Waals surface area contributed by atoms with Crippen molar-refractivity contribution in [2.75, 3.05) is 0 Å². The fraction of sp³-hybridized carbons (Fsp3) is 0.667. The van der Waals surface area contributed by atoms with Gasteiger partial charge in [0.2, 0.25) is 5.91 Å². The van der Waals surface area contributed by atoms with E-state index in [9.17, 15) is 9.59 Å². The van der Waals surface area contributed by atoms with E-state index in [0.29, 0.717) is 0 Å². The van der Waals surface area contributed by atoms with E-state index in [1.807, 2.05) is 9.39 Å². The summed E-state index contributed by atoms with van der Waals surface area (Å²) in [5.41, 5.74) is 5.28. The zero-order valence-corrected chi connectivity index (χ0v) is 8.18. The highest BCUT2D eigenvalue weighted by atomic mass is 31.0. The molecule has 0 fully saturated rings. The zero-order chi connectivity index (χ0) is 9.89. The Morgan fingerprint density at radius 1 is 1.50 bits per heavy atom. The maximum Gasteiger partial charge on any atom is 0.326 e. The number of hydrogen-bond donors (Lipinski definition) is 2. The van der Waals surface area contributed by atoms with E-state index < -0.39 is 24.0 Å². The molecule has 5 nitrogen and oxygen atoms in total. The molecule has 0 aliphatic rings. The van der Waals surface area contributed by atoms with Crippen LogP contribution in [0.4, 0.5) is 0 Å². The van der Waals surface area contributed by atoms with Crippen molar-refractivity contribution in [2.24, 2.45) is 5.73 Å². The summed E-state index contributed by atoms with van der Waals surface area (Å²) >= 11 is 0. The zero-order valence-electron chi connectivity index (χ0n) is 7.02. The van der Waals surface area contributed by atoms with Gasteiger partial charge in [-0.2, -0.15) is 0 Å². The van der Waals surface area contributed by atoms with E-state index in [1.54, 1.807) is 0 Å². The third-order valence-electron chi connectivity index (χ3n) is 1.42. The van der Waals surface area contributed by atoms with Crippen molar-refractivity contribution in [1.29, 1.82) is 0 Å². The Hall–Kier alpha value is -0.670. The minimum absolute atomic E-state index is 0.407. The van der Waals surface area contributed by atoms with Gasteiger partial charge in [-0.25, -0.2) is 4.79 Å². The minimum Gasteiger partial charge on any atom is -0.480 e. The van der Waals surface area contributed by atoms with Gasteiger partial charge in [-0.05, 0) is 23.2 Å². The Morgan fingerprint density at radius 2 is 1.92 bits per heavy atom. The van der Waals surface area contributed by atoms with Crippen LogP contribution in [0.2, 0.25) is 0 Å². The summed E-state index contributed by atoms with van der Waals surface area (Å²) in [5.74, 6) is -1.46. The molecule has 0 aromatic heterocycles. The van der Waals surface area contributed by atoms with Crippen molar-refractivity contribution >= 4 is 21.3 Å². The van der Waals surface area contributed by atoms with Crippen LogP contribution in [0.5, 0.6) is 0 Å². The third kappa shape index (κ3) is 2.75. The number of nitrogens with zero attached hydrogens (tertiary/aromatic N) is 1. The summed E-state index contributed by atoms with van der Waals surface area (Å²) < 4.78 is 1.03. The Labute approximate surface area is 73.2 Å². The maximum absolute atomic E-state index is 11.1. The van der Waals surface area contributed by atoms with Crippen LogP contribution in [-0.4, -0.2) is 33.7 Å². The number of aliphatic carboxylic acids is 1. The molecule has 0 aromatic rings. The van der Waals surface area contributed by atoms with Gasteiger partial charge in [0.25, 0.3) is 0 Å². The highest BCUT2D eigenvalue weighted by Crippen LogP contribution is 2.07. The van der Waals surface area contributed by atoms with E-state index >= 15 is 0 Å². The number of hydrogen-bond acceptors (Lipinski definition) is 3. The number of nitrogens with two attached hydrogens (primary N) is 1. The Bertz CT molecular complexity index is 195. The average molecular weight is 192 g/mol. The van der Waals surface area contributed by atoms with E-state index in [-0.39, 0.29) is 0 Å². The highest BCUT2D eigenvalue weighted by Gasteiger charge is 2.23. The lowest BCUT2D eigenvalue weighted by molar-refractivity contribution is -0.145. The summed E-state index contributed by atoms with van der Waals surface area (Å²) in [7, 11) is 2.05. The molecule has 3 unspecified atom stereocenters. The molecular weight excluding hydrogens is 179 g/mol. The van der Waals surface area contributed by atoms with E-state index in [0.717, 1.165) is 4.67 Å². The second kappa shape index (κ2) is 4.38. The van der Waals surface area contributed by atoms with Crippen LogP contribution in [-0.2, 0) is 9.59 Å². The number of rotatable bonds is 3. The van der Waals surface area contributed by atoms with Gasteiger partial charge in [-0.3, -0.25) is 4.79 Å². The monoisotopic (exact) mass is 192 g/mol. The van der Waals surface area contributed by atoms with Crippen molar-refractivity contribution < 1.29 is 14.7 Å². The van der Waals surface area contributed by atoms with Crippen LogP contribution in [0.25, 0.3) is 0 Å². The summed E-state index contributed by atoms with van der Waals surface area (Å²) in [6.45, 7) is 2.92. The smallest absolute Gasteiger partial charge is 0.326 e. The van der Waals surface area contributed by atoms with Gasteiger partial charge in [-0.15, -0.1) is 0 Å². The number of carbonyl (C=O) groups excluding carboxylic acids is 1. The number of amides is 1. The van der Waals surface area contributed by atoms with Crippen molar-refractivity contribution in [3.05, 3.63) is 0 Å². The van der Waals surface area contributed by atoms with Crippen LogP contribution in [0, 0.1) is 0 Å². The Kier molecular flexibility index (Phi) is 4.13. The van der Waals surface area contributed by atoms with Crippen LogP contribution in [0.15, 0.2) is 0 Å². The lowest BCUT2D eigenvalue weighted by atomic mass is 10.3. The molecule has 12 heavy (non-hydrogen) atoms. The molecule has 0 radical (unpaired) electrons. The van der Waals surface area contributed by atoms with Crippen molar-refractivity contribution in [3.8, 4) is 0 Å². The summed E-state index contributed by atoms with van der Waals surface area (Å²) in [6, 6.07) is -1.54. The number of carboxylic acids is 1. The largest absolute Gasteiger partial charge is 0.480 e. The molecule has 0 spiro atoms. The third-order valence-corrected chi connectivity index (χ3v) is 2.12. The summed E-state index contributed by atoms with van der Waals surface area (Å²) in [4.78, 5) is 21.5. The van der Waals surface area contributed by atoms with Crippen LogP contribution >= 0.6 is 9.39 Å². The first kappa shape index (κ1) is 11.3. The van der Waals surface area contributed by atoms with Crippen LogP contribution in [0.1, 0.15) is 13.8 Å². The molecule has 3 atom stereocenters. The first-order valence-corrected chi connectivity index (χ1v) is 3.95. The predicted molar refractivity (Wildman–Crippen MR) is 47.3 cm³/mol. The molecule has 0 saturated heterocycles. The molecule has 0 rings (SSSR count). The normalized spacial score (nSPS) is 15.0. The second-order valence-electron chi connectivity index (χ2n) is 2.55. The fourth-order valence-electron chi connectivity index (χ4n) is 0.545. The SMILES string of the molecule is CC(N)C(=O)N(P)C(C)C(=O)O. The molecule has 0 heterocycles. The molecule has 0 saturated carbocycles. The Morgan fingerprint density at radius 3 is 2.17 bits per heavy atom. The van der Waals surface area contributed by atoms with Gasteiger partial charge >= 0.3 is 5.97 Å². The molecule has 6 heteroatoms.